The molecule has 0 atom stereocenters. The van der Waals surface area contributed by atoms with Crippen LogP contribution in [0.1, 0.15) is 12.5 Å². The van der Waals surface area contributed by atoms with Gasteiger partial charge in [0.15, 0.2) is 16.7 Å². The molecule has 0 amide bonds. The second kappa shape index (κ2) is 6.03. The van der Waals surface area contributed by atoms with Gasteiger partial charge in [0.2, 0.25) is 0 Å². The zero-order chi connectivity index (χ0) is 12.0. The summed E-state index contributed by atoms with van der Waals surface area (Å²) in [4.78, 5) is 14.6. The van der Waals surface area contributed by atoms with E-state index in [4.69, 9.17) is 10.5 Å². The van der Waals surface area contributed by atoms with Gasteiger partial charge in [-0.05, 0) is 0 Å². The molecule has 0 unspecified atom stereocenters. The van der Waals surface area contributed by atoms with Crippen molar-refractivity contribution in [3.63, 3.8) is 0 Å². The molecule has 0 aliphatic rings. The third-order valence-electron chi connectivity index (χ3n) is 1.68. The zero-order valence-corrected chi connectivity index (χ0v) is 9.93. The van der Waals surface area contributed by atoms with Crippen molar-refractivity contribution in [2.45, 2.75) is 6.92 Å². The van der Waals surface area contributed by atoms with Crippen molar-refractivity contribution >= 4 is 22.7 Å². The average Bonchev–Trinajstić information content (AvgIpc) is 2.26. The maximum Gasteiger partial charge on any atom is 0.186 e. The second-order valence-electron chi connectivity index (χ2n) is 2.89. The molecule has 0 saturated carbocycles. The molecule has 0 radical (unpaired) electrons. The number of pyridine rings is 1. The Labute approximate surface area is 98.6 Å². The van der Waals surface area contributed by atoms with E-state index in [0.717, 1.165) is 5.56 Å². The summed E-state index contributed by atoms with van der Waals surface area (Å²) >= 11 is 1.17. The van der Waals surface area contributed by atoms with E-state index < -0.39 is 0 Å². The van der Waals surface area contributed by atoms with Crippen LogP contribution in [0.25, 0.3) is 0 Å². The summed E-state index contributed by atoms with van der Waals surface area (Å²) in [6.45, 7) is 1.51. The minimum absolute atomic E-state index is 0.0577. The Kier molecular flexibility index (Phi) is 4.67. The van der Waals surface area contributed by atoms with Crippen molar-refractivity contribution in [2.24, 2.45) is 0 Å². The van der Waals surface area contributed by atoms with Gasteiger partial charge in [-0.15, -0.1) is 0 Å². The highest BCUT2D eigenvalue weighted by Crippen LogP contribution is 2.18. The summed E-state index contributed by atoms with van der Waals surface area (Å²) in [6, 6.07) is 1.72. The van der Waals surface area contributed by atoms with Gasteiger partial charge >= 0.3 is 0 Å². The molecule has 0 saturated heterocycles. The normalized spacial score (nSPS) is 9.12. The zero-order valence-electron chi connectivity index (χ0n) is 9.11. The number of hydrogen-bond donors (Lipinski definition) is 1. The molecule has 1 rings (SSSR count). The summed E-state index contributed by atoms with van der Waals surface area (Å²) in [7, 11) is 1.52. The summed E-state index contributed by atoms with van der Waals surface area (Å²) < 4.78 is 5.02. The molecule has 1 aromatic heterocycles. The van der Waals surface area contributed by atoms with Crippen LogP contribution < -0.4 is 10.5 Å². The van der Waals surface area contributed by atoms with E-state index in [1.54, 1.807) is 12.3 Å². The van der Waals surface area contributed by atoms with Crippen molar-refractivity contribution in [3.8, 4) is 17.6 Å². The summed E-state index contributed by atoms with van der Waals surface area (Å²) in [5.41, 5.74) is 6.28. The number of aromatic nitrogens is 1. The van der Waals surface area contributed by atoms with E-state index in [2.05, 4.69) is 16.8 Å². The van der Waals surface area contributed by atoms with Gasteiger partial charge in [-0.1, -0.05) is 23.6 Å². The van der Waals surface area contributed by atoms with Crippen LogP contribution in [-0.2, 0) is 4.79 Å². The second-order valence-corrected chi connectivity index (χ2v) is 4.05. The fourth-order valence-corrected chi connectivity index (χ4v) is 1.31. The fraction of sp³-hybridized carbons (Fsp3) is 0.273. The minimum Gasteiger partial charge on any atom is -0.493 e. The molecule has 16 heavy (non-hydrogen) atoms. The number of anilines is 1. The van der Waals surface area contributed by atoms with Gasteiger partial charge in [-0.3, -0.25) is 4.79 Å². The van der Waals surface area contributed by atoms with Gasteiger partial charge in [0, 0.05) is 24.8 Å². The first-order chi connectivity index (χ1) is 7.63. The minimum atomic E-state index is 0.0577. The predicted octanol–water partition coefficient (Wildman–Crippen LogP) is 1.30. The number of nitrogens with zero attached hydrogens (tertiary/aromatic N) is 1. The van der Waals surface area contributed by atoms with Crippen LogP contribution >= 0.6 is 11.8 Å². The lowest BCUT2D eigenvalue weighted by atomic mass is 10.3. The molecule has 0 aliphatic heterocycles. The standard InChI is InChI=1S/C11H12N2O2S/c1-8(14)16-5-3-4-9-6-10(15-2)11(12)13-7-9/h6-7H,5H2,1-2H3,(H2,12,13). The highest BCUT2D eigenvalue weighted by Gasteiger charge is 1.99. The van der Waals surface area contributed by atoms with E-state index in [9.17, 15) is 4.79 Å². The molecule has 0 fully saturated rings. The van der Waals surface area contributed by atoms with Crippen LogP contribution in [0.4, 0.5) is 5.82 Å². The van der Waals surface area contributed by atoms with Gasteiger partial charge in [0.1, 0.15) is 0 Å². The maximum absolute atomic E-state index is 10.6. The van der Waals surface area contributed by atoms with E-state index in [1.807, 2.05) is 0 Å². The Morgan fingerprint density at radius 1 is 1.69 bits per heavy atom. The molecular formula is C11H12N2O2S. The third kappa shape index (κ3) is 3.83. The summed E-state index contributed by atoms with van der Waals surface area (Å²) in [5, 5.41) is 0.0577. The molecular weight excluding hydrogens is 224 g/mol. The first-order valence-corrected chi connectivity index (χ1v) is 5.53. The lowest BCUT2D eigenvalue weighted by Crippen LogP contribution is -1.95. The molecule has 2 N–H and O–H groups in total. The quantitative estimate of drug-likeness (QED) is 0.784. The van der Waals surface area contributed by atoms with Gasteiger partial charge in [0.25, 0.3) is 0 Å². The molecule has 0 spiro atoms. The molecule has 0 aromatic carbocycles. The lowest BCUT2D eigenvalue weighted by molar-refractivity contribution is -0.109. The number of methoxy groups -OCH3 is 1. The van der Waals surface area contributed by atoms with Crippen molar-refractivity contribution < 1.29 is 9.53 Å². The molecule has 0 aliphatic carbocycles. The maximum atomic E-state index is 10.6. The van der Waals surface area contributed by atoms with Crippen LogP contribution in [0.2, 0.25) is 0 Å². The fourth-order valence-electron chi connectivity index (χ4n) is 0.963. The van der Waals surface area contributed by atoms with Gasteiger partial charge in [-0.25, -0.2) is 4.98 Å². The number of nitrogens with two attached hydrogens (primary N) is 1. The van der Waals surface area contributed by atoms with Crippen molar-refractivity contribution in [3.05, 3.63) is 17.8 Å². The largest absolute Gasteiger partial charge is 0.493 e. The Hall–Kier alpha value is -1.67. The molecule has 4 nitrogen and oxygen atoms in total. The van der Waals surface area contributed by atoms with Crippen molar-refractivity contribution in [2.75, 3.05) is 18.6 Å². The predicted molar refractivity (Wildman–Crippen MR) is 65.2 cm³/mol. The Balaban J connectivity index is 2.70. The van der Waals surface area contributed by atoms with E-state index in [0.29, 0.717) is 17.3 Å². The average molecular weight is 236 g/mol. The van der Waals surface area contributed by atoms with Crippen LogP contribution in [0.3, 0.4) is 0 Å². The van der Waals surface area contributed by atoms with Crippen molar-refractivity contribution in [1.29, 1.82) is 0 Å². The Morgan fingerprint density at radius 3 is 3.06 bits per heavy atom. The highest BCUT2D eigenvalue weighted by atomic mass is 32.2. The number of hydrogen-bond acceptors (Lipinski definition) is 5. The topological polar surface area (TPSA) is 65.2 Å². The number of carbonyl (C=O) groups excluding carboxylic acids is 1. The number of nitrogen functional groups attached to an aromatic ring is 1. The van der Waals surface area contributed by atoms with Gasteiger partial charge in [0.05, 0.1) is 12.9 Å². The summed E-state index contributed by atoms with van der Waals surface area (Å²) in [5.74, 6) is 7.06. The molecule has 0 bridgehead atoms. The van der Waals surface area contributed by atoms with Gasteiger partial charge in [-0.2, -0.15) is 0 Å². The van der Waals surface area contributed by atoms with Crippen LogP contribution in [0.15, 0.2) is 12.3 Å². The monoisotopic (exact) mass is 236 g/mol. The molecule has 1 aromatic rings. The van der Waals surface area contributed by atoms with E-state index >= 15 is 0 Å². The van der Waals surface area contributed by atoms with Crippen LogP contribution in [-0.4, -0.2) is 23.0 Å². The number of ether oxygens (including phenoxy) is 1. The van der Waals surface area contributed by atoms with Crippen molar-refractivity contribution in [1.82, 2.24) is 4.98 Å². The smallest absolute Gasteiger partial charge is 0.186 e. The molecule has 84 valence electrons. The lowest BCUT2D eigenvalue weighted by Gasteiger charge is -2.02. The number of carbonyl (C=O) groups is 1. The molecule has 5 heteroatoms. The van der Waals surface area contributed by atoms with E-state index in [1.165, 1.54) is 25.8 Å². The number of rotatable bonds is 2. The SMILES string of the molecule is COc1cc(C#CCSC(C)=O)cnc1N. The van der Waals surface area contributed by atoms with E-state index in [-0.39, 0.29) is 5.12 Å². The Morgan fingerprint density at radius 2 is 2.44 bits per heavy atom. The van der Waals surface area contributed by atoms with Crippen LogP contribution in [0.5, 0.6) is 5.75 Å². The Bertz CT molecular complexity index is 449. The molecule has 1 heterocycles. The van der Waals surface area contributed by atoms with Crippen LogP contribution in [0, 0.1) is 11.8 Å². The first kappa shape index (κ1) is 12.4. The van der Waals surface area contributed by atoms with Gasteiger partial charge < -0.3 is 10.5 Å². The highest BCUT2D eigenvalue weighted by molar-refractivity contribution is 8.13. The third-order valence-corrected chi connectivity index (χ3v) is 2.38. The first-order valence-electron chi connectivity index (χ1n) is 4.55. The summed E-state index contributed by atoms with van der Waals surface area (Å²) in [6.07, 6.45) is 1.57. The number of thioether (sulfide) groups is 1.